The molecule has 0 unspecified atom stereocenters. The summed E-state index contributed by atoms with van der Waals surface area (Å²) in [7, 11) is 0. The zero-order valence-corrected chi connectivity index (χ0v) is 9.18. The van der Waals surface area contributed by atoms with Gasteiger partial charge < -0.3 is 10.5 Å². The predicted octanol–water partition coefficient (Wildman–Crippen LogP) is 2.12. The fraction of sp³-hybridized carbons (Fsp3) is 0.400. The van der Waals surface area contributed by atoms with Crippen LogP contribution in [0.3, 0.4) is 0 Å². The highest BCUT2D eigenvalue weighted by atomic mass is 35.5. The number of halogens is 1. The van der Waals surface area contributed by atoms with Crippen molar-refractivity contribution in [2.75, 3.05) is 0 Å². The smallest absolute Gasteiger partial charge is 0.312 e. The van der Waals surface area contributed by atoms with Crippen LogP contribution >= 0.6 is 11.6 Å². The van der Waals surface area contributed by atoms with Gasteiger partial charge in [-0.3, -0.25) is 10.1 Å². The van der Waals surface area contributed by atoms with E-state index < -0.39 is 4.92 Å². The maximum absolute atomic E-state index is 10.8. The third kappa shape index (κ3) is 2.10. The monoisotopic (exact) mass is 242 g/mol. The van der Waals surface area contributed by atoms with Crippen LogP contribution in [0.25, 0.3) is 0 Å². The maximum Gasteiger partial charge on any atom is 0.312 e. The van der Waals surface area contributed by atoms with E-state index in [0.29, 0.717) is 12.8 Å². The summed E-state index contributed by atoms with van der Waals surface area (Å²) in [6.07, 6.45) is 1.36. The van der Waals surface area contributed by atoms with Crippen LogP contribution in [0, 0.1) is 10.1 Å². The van der Waals surface area contributed by atoms with Gasteiger partial charge in [-0.1, -0.05) is 17.7 Å². The first-order valence-corrected chi connectivity index (χ1v) is 5.31. The molecule has 0 aliphatic heterocycles. The standard InChI is InChI=1S/C10H11ClN2O3/c11-8-2-1-3-9(13(14)15)10(8)16-7-4-6(12)5-7/h1-3,6-7H,4-5,12H2. The van der Waals surface area contributed by atoms with Crippen LogP contribution in [-0.4, -0.2) is 17.1 Å². The van der Waals surface area contributed by atoms with Crippen molar-refractivity contribution in [2.24, 2.45) is 5.73 Å². The Morgan fingerprint density at radius 1 is 1.50 bits per heavy atom. The molecule has 1 saturated carbocycles. The Morgan fingerprint density at radius 3 is 2.75 bits per heavy atom. The van der Waals surface area contributed by atoms with Crippen LogP contribution in [0.4, 0.5) is 5.69 Å². The number of nitro benzene ring substituents is 1. The highest BCUT2D eigenvalue weighted by Gasteiger charge is 2.30. The SMILES string of the molecule is NC1CC(Oc2c(Cl)cccc2[N+](=O)[O-])C1. The lowest BCUT2D eigenvalue weighted by Crippen LogP contribution is -2.43. The fourth-order valence-electron chi connectivity index (χ4n) is 1.63. The first-order chi connectivity index (χ1) is 7.58. The Hall–Kier alpha value is -1.33. The second-order valence-corrected chi connectivity index (χ2v) is 4.22. The molecule has 0 atom stereocenters. The molecule has 0 saturated heterocycles. The highest BCUT2D eigenvalue weighted by Crippen LogP contribution is 2.37. The van der Waals surface area contributed by atoms with E-state index in [2.05, 4.69) is 0 Å². The average Bonchev–Trinajstić information content (AvgIpc) is 2.18. The van der Waals surface area contributed by atoms with Crippen molar-refractivity contribution >= 4 is 17.3 Å². The molecule has 2 rings (SSSR count). The van der Waals surface area contributed by atoms with Gasteiger partial charge in [0.05, 0.1) is 9.95 Å². The molecule has 0 heterocycles. The maximum atomic E-state index is 10.8. The second-order valence-electron chi connectivity index (χ2n) is 3.82. The number of benzene rings is 1. The van der Waals surface area contributed by atoms with Gasteiger partial charge in [0, 0.05) is 12.1 Å². The number of rotatable bonds is 3. The molecule has 0 spiro atoms. The molecule has 5 nitrogen and oxygen atoms in total. The Kier molecular flexibility index (Phi) is 2.98. The number of hydrogen-bond donors (Lipinski definition) is 1. The number of nitro groups is 1. The average molecular weight is 243 g/mol. The van der Waals surface area contributed by atoms with Crippen LogP contribution in [-0.2, 0) is 0 Å². The normalized spacial score (nSPS) is 23.6. The Labute approximate surface area is 97.3 Å². The van der Waals surface area contributed by atoms with E-state index in [0.717, 1.165) is 0 Å². The minimum Gasteiger partial charge on any atom is -0.482 e. The lowest BCUT2D eigenvalue weighted by atomic mass is 9.90. The highest BCUT2D eigenvalue weighted by molar-refractivity contribution is 6.32. The lowest BCUT2D eigenvalue weighted by molar-refractivity contribution is -0.386. The van der Waals surface area contributed by atoms with E-state index in [1.807, 2.05) is 0 Å². The van der Waals surface area contributed by atoms with Crippen molar-refractivity contribution in [3.05, 3.63) is 33.3 Å². The van der Waals surface area contributed by atoms with Gasteiger partial charge in [-0.15, -0.1) is 0 Å². The minimum absolute atomic E-state index is 0.0615. The molecule has 1 fully saturated rings. The van der Waals surface area contributed by atoms with E-state index in [9.17, 15) is 10.1 Å². The summed E-state index contributed by atoms with van der Waals surface area (Å²) in [5.74, 6) is 0.145. The summed E-state index contributed by atoms with van der Waals surface area (Å²) in [6.45, 7) is 0. The molecule has 0 radical (unpaired) electrons. The van der Waals surface area contributed by atoms with Gasteiger partial charge >= 0.3 is 5.69 Å². The molecule has 1 aliphatic rings. The molecular formula is C10H11ClN2O3. The Morgan fingerprint density at radius 2 is 2.19 bits per heavy atom. The van der Waals surface area contributed by atoms with Gasteiger partial charge in [0.1, 0.15) is 6.10 Å². The van der Waals surface area contributed by atoms with Gasteiger partial charge in [0.15, 0.2) is 0 Å². The summed E-state index contributed by atoms with van der Waals surface area (Å²) in [4.78, 5) is 10.3. The third-order valence-electron chi connectivity index (χ3n) is 2.56. The quantitative estimate of drug-likeness (QED) is 0.650. The Bertz CT molecular complexity index is 419. The minimum atomic E-state index is -0.500. The van der Waals surface area contributed by atoms with E-state index in [4.69, 9.17) is 22.1 Å². The molecule has 0 bridgehead atoms. The molecule has 0 aromatic heterocycles. The van der Waals surface area contributed by atoms with Gasteiger partial charge in [-0.25, -0.2) is 0 Å². The van der Waals surface area contributed by atoms with Gasteiger partial charge in [-0.2, -0.15) is 0 Å². The summed E-state index contributed by atoms with van der Waals surface area (Å²) in [6, 6.07) is 4.61. The van der Waals surface area contributed by atoms with E-state index in [-0.39, 0.29) is 28.6 Å². The summed E-state index contributed by atoms with van der Waals surface area (Å²) >= 11 is 5.87. The molecule has 86 valence electrons. The van der Waals surface area contributed by atoms with Crippen LogP contribution in [0.15, 0.2) is 18.2 Å². The predicted molar refractivity (Wildman–Crippen MR) is 59.7 cm³/mol. The topological polar surface area (TPSA) is 78.4 Å². The summed E-state index contributed by atoms with van der Waals surface area (Å²) in [5, 5.41) is 11.0. The van der Waals surface area contributed by atoms with Crippen molar-refractivity contribution in [3.8, 4) is 5.75 Å². The fourth-order valence-corrected chi connectivity index (χ4v) is 1.84. The van der Waals surface area contributed by atoms with Crippen LogP contribution in [0.5, 0.6) is 5.75 Å². The zero-order chi connectivity index (χ0) is 11.7. The molecule has 0 amide bonds. The lowest BCUT2D eigenvalue weighted by Gasteiger charge is -2.32. The number of para-hydroxylation sites is 1. The van der Waals surface area contributed by atoms with E-state index in [1.54, 1.807) is 6.07 Å². The summed E-state index contributed by atoms with van der Waals surface area (Å²) < 4.78 is 5.49. The molecule has 2 N–H and O–H groups in total. The number of ether oxygens (including phenoxy) is 1. The second kappa shape index (κ2) is 4.27. The van der Waals surface area contributed by atoms with Gasteiger partial charge in [-0.05, 0) is 18.9 Å². The Balaban J connectivity index is 2.21. The number of hydrogen-bond acceptors (Lipinski definition) is 4. The molecule has 1 aromatic carbocycles. The number of nitrogens with two attached hydrogens (primary N) is 1. The van der Waals surface area contributed by atoms with Crippen LogP contribution in [0.2, 0.25) is 5.02 Å². The first-order valence-electron chi connectivity index (χ1n) is 4.93. The van der Waals surface area contributed by atoms with Crippen molar-refractivity contribution in [1.82, 2.24) is 0 Å². The largest absolute Gasteiger partial charge is 0.482 e. The molecule has 6 heteroatoms. The van der Waals surface area contributed by atoms with E-state index in [1.165, 1.54) is 12.1 Å². The van der Waals surface area contributed by atoms with Crippen LogP contribution in [0.1, 0.15) is 12.8 Å². The van der Waals surface area contributed by atoms with Gasteiger partial charge in [0.2, 0.25) is 5.75 Å². The van der Waals surface area contributed by atoms with Gasteiger partial charge in [0.25, 0.3) is 0 Å². The third-order valence-corrected chi connectivity index (χ3v) is 2.86. The summed E-state index contributed by atoms with van der Waals surface area (Å²) in [5.41, 5.74) is 5.51. The molecule has 1 aliphatic carbocycles. The van der Waals surface area contributed by atoms with Crippen molar-refractivity contribution < 1.29 is 9.66 Å². The zero-order valence-electron chi connectivity index (χ0n) is 8.43. The number of nitrogens with zero attached hydrogens (tertiary/aromatic N) is 1. The van der Waals surface area contributed by atoms with E-state index >= 15 is 0 Å². The molecule has 16 heavy (non-hydrogen) atoms. The molecular weight excluding hydrogens is 232 g/mol. The van der Waals surface area contributed by atoms with Crippen LogP contribution < -0.4 is 10.5 Å². The first kappa shape index (κ1) is 11.2. The molecule has 1 aromatic rings. The van der Waals surface area contributed by atoms with Crippen molar-refractivity contribution in [2.45, 2.75) is 25.0 Å². The van der Waals surface area contributed by atoms with Crippen molar-refractivity contribution in [3.63, 3.8) is 0 Å². The van der Waals surface area contributed by atoms with Crippen molar-refractivity contribution in [1.29, 1.82) is 0 Å².